The molecule has 1 aromatic heterocycles. The summed E-state index contributed by atoms with van der Waals surface area (Å²) in [7, 11) is 0. The summed E-state index contributed by atoms with van der Waals surface area (Å²) in [5.41, 5.74) is 10.8. The molecule has 0 amide bonds. The Bertz CT molecular complexity index is 1130. The highest BCUT2D eigenvalue weighted by Gasteiger charge is 2.17. The molecule has 0 atom stereocenters. The van der Waals surface area contributed by atoms with Crippen LogP contribution in [0.1, 0.15) is 22.4 Å². The van der Waals surface area contributed by atoms with Gasteiger partial charge in [-0.25, -0.2) is 9.97 Å². The maximum absolute atomic E-state index is 5.12. The molecule has 0 N–H and O–H groups in total. The van der Waals surface area contributed by atoms with Gasteiger partial charge in [-0.1, -0.05) is 83.9 Å². The largest absolute Gasteiger partial charge is 0.249 e. The quantitative estimate of drug-likeness (QED) is 0.404. The van der Waals surface area contributed by atoms with Gasteiger partial charge in [0.05, 0.1) is 22.8 Å². The molecule has 1 heterocycles. The van der Waals surface area contributed by atoms with Crippen LogP contribution in [0.2, 0.25) is 0 Å². The molecule has 138 valence electrons. The highest BCUT2D eigenvalue weighted by atomic mass is 14.8. The van der Waals surface area contributed by atoms with E-state index in [4.69, 9.17) is 9.97 Å². The minimum absolute atomic E-state index is 0.927. The highest BCUT2D eigenvalue weighted by Crippen LogP contribution is 2.34. The molecule has 2 heteroatoms. The Morgan fingerprint density at radius 3 is 1.86 bits per heavy atom. The average Bonchev–Trinajstić information content (AvgIpc) is 2.69. The predicted octanol–water partition coefficient (Wildman–Crippen LogP) is 6.71. The normalized spacial score (nSPS) is 10.9. The molecule has 0 fully saturated rings. The molecule has 0 aliphatic heterocycles. The van der Waals surface area contributed by atoms with Gasteiger partial charge in [-0.3, -0.25) is 0 Å². The number of aryl methyl sites for hydroxylation is 4. The first-order valence-electron chi connectivity index (χ1n) is 9.61. The summed E-state index contributed by atoms with van der Waals surface area (Å²) < 4.78 is 0. The maximum atomic E-state index is 5.12. The van der Waals surface area contributed by atoms with Crippen molar-refractivity contribution < 1.29 is 0 Å². The van der Waals surface area contributed by atoms with E-state index in [1.807, 2.05) is 25.1 Å². The van der Waals surface area contributed by atoms with Crippen molar-refractivity contribution in [3.8, 4) is 33.8 Å². The Morgan fingerprint density at radius 1 is 0.536 bits per heavy atom. The van der Waals surface area contributed by atoms with Crippen molar-refractivity contribution in [2.24, 2.45) is 0 Å². The summed E-state index contributed by atoms with van der Waals surface area (Å²) in [6.07, 6.45) is 0. The van der Waals surface area contributed by atoms with Gasteiger partial charge in [-0.05, 0) is 33.3 Å². The molecule has 0 saturated carbocycles. The Hall–Kier alpha value is -3.26. The molecule has 0 bridgehead atoms. The second-order valence-electron chi connectivity index (χ2n) is 7.41. The summed E-state index contributed by atoms with van der Waals surface area (Å²) in [5.74, 6) is 0. The predicted molar refractivity (Wildman–Crippen MR) is 117 cm³/mol. The van der Waals surface area contributed by atoms with Gasteiger partial charge in [0, 0.05) is 16.7 Å². The molecule has 0 radical (unpaired) electrons. The fourth-order valence-electron chi connectivity index (χ4n) is 3.57. The molecular weight excluding hydrogens is 340 g/mol. The van der Waals surface area contributed by atoms with Gasteiger partial charge in [-0.2, -0.15) is 0 Å². The van der Waals surface area contributed by atoms with Crippen molar-refractivity contribution in [2.75, 3.05) is 0 Å². The van der Waals surface area contributed by atoms with E-state index >= 15 is 0 Å². The van der Waals surface area contributed by atoms with Gasteiger partial charge in [0.15, 0.2) is 0 Å². The maximum Gasteiger partial charge on any atom is 0.0973 e. The van der Waals surface area contributed by atoms with Gasteiger partial charge in [-0.15, -0.1) is 0 Å². The van der Waals surface area contributed by atoms with E-state index in [0.717, 1.165) is 39.5 Å². The summed E-state index contributed by atoms with van der Waals surface area (Å²) in [5, 5.41) is 0. The zero-order valence-electron chi connectivity index (χ0n) is 16.8. The second-order valence-corrected chi connectivity index (χ2v) is 7.41. The fraction of sp³-hybridized carbons (Fsp3) is 0.154. The van der Waals surface area contributed by atoms with Gasteiger partial charge < -0.3 is 0 Å². The van der Waals surface area contributed by atoms with Crippen LogP contribution < -0.4 is 0 Å². The van der Waals surface area contributed by atoms with Crippen LogP contribution in [-0.4, -0.2) is 9.97 Å². The Morgan fingerprint density at radius 2 is 1.18 bits per heavy atom. The monoisotopic (exact) mass is 364 g/mol. The Balaban J connectivity index is 1.99. The van der Waals surface area contributed by atoms with Gasteiger partial charge in [0.2, 0.25) is 0 Å². The lowest BCUT2D eigenvalue weighted by Gasteiger charge is -2.15. The minimum atomic E-state index is 0.927. The molecule has 0 saturated heterocycles. The first-order valence-corrected chi connectivity index (χ1v) is 9.61. The lowest BCUT2D eigenvalue weighted by Crippen LogP contribution is -2.01. The van der Waals surface area contributed by atoms with E-state index in [9.17, 15) is 0 Å². The third-order valence-electron chi connectivity index (χ3n) is 5.08. The van der Waals surface area contributed by atoms with E-state index < -0.39 is 0 Å². The van der Waals surface area contributed by atoms with Gasteiger partial charge in [0.1, 0.15) is 0 Å². The lowest BCUT2D eigenvalue weighted by molar-refractivity contribution is 1.13. The molecule has 0 unspecified atom stereocenters. The molecule has 2 nitrogen and oxygen atoms in total. The van der Waals surface area contributed by atoms with Crippen molar-refractivity contribution >= 4 is 0 Å². The zero-order valence-corrected chi connectivity index (χ0v) is 16.8. The third kappa shape index (κ3) is 3.46. The van der Waals surface area contributed by atoms with E-state index in [2.05, 4.69) is 75.4 Å². The number of nitrogens with zero attached hydrogens (tertiary/aromatic N) is 2. The molecule has 4 aromatic rings. The summed E-state index contributed by atoms with van der Waals surface area (Å²) in [6, 6.07) is 25.3. The van der Waals surface area contributed by atoms with Crippen LogP contribution in [0.25, 0.3) is 33.8 Å². The van der Waals surface area contributed by atoms with Crippen molar-refractivity contribution in [3.63, 3.8) is 0 Å². The smallest absolute Gasteiger partial charge is 0.0973 e. The fourth-order valence-corrected chi connectivity index (χ4v) is 3.57. The number of rotatable bonds is 3. The van der Waals surface area contributed by atoms with Crippen LogP contribution in [-0.2, 0) is 0 Å². The number of hydrogen-bond donors (Lipinski definition) is 0. The number of benzene rings is 3. The third-order valence-corrected chi connectivity index (χ3v) is 5.08. The number of aromatic nitrogens is 2. The summed E-state index contributed by atoms with van der Waals surface area (Å²) in [6.45, 7) is 8.41. The minimum Gasteiger partial charge on any atom is -0.249 e. The highest BCUT2D eigenvalue weighted by molar-refractivity contribution is 5.82. The topological polar surface area (TPSA) is 25.8 Å². The SMILES string of the molecule is Cc1ccc(-c2nc(-c3ccccc3)c(C)nc2-c2ccc(C)cc2C)cc1. The van der Waals surface area contributed by atoms with E-state index in [-0.39, 0.29) is 0 Å². The van der Waals surface area contributed by atoms with Crippen molar-refractivity contribution in [2.45, 2.75) is 27.7 Å². The van der Waals surface area contributed by atoms with E-state index in [0.29, 0.717) is 0 Å². The summed E-state index contributed by atoms with van der Waals surface area (Å²) in [4.78, 5) is 10.2. The Labute approximate surface area is 167 Å². The Kier molecular flexibility index (Phi) is 4.79. The number of hydrogen-bond acceptors (Lipinski definition) is 2. The molecule has 0 aliphatic rings. The van der Waals surface area contributed by atoms with Crippen LogP contribution in [0.5, 0.6) is 0 Å². The molecule has 3 aromatic carbocycles. The summed E-state index contributed by atoms with van der Waals surface area (Å²) >= 11 is 0. The van der Waals surface area contributed by atoms with Crippen LogP contribution in [0.15, 0.2) is 72.8 Å². The first-order chi connectivity index (χ1) is 13.5. The second kappa shape index (κ2) is 7.40. The van der Waals surface area contributed by atoms with E-state index in [1.165, 1.54) is 16.7 Å². The van der Waals surface area contributed by atoms with Crippen molar-refractivity contribution in [1.82, 2.24) is 9.97 Å². The van der Waals surface area contributed by atoms with Gasteiger partial charge >= 0.3 is 0 Å². The van der Waals surface area contributed by atoms with Gasteiger partial charge in [0.25, 0.3) is 0 Å². The lowest BCUT2D eigenvalue weighted by atomic mass is 9.97. The van der Waals surface area contributed by atoms with Crippen molar-refractivity contribution in [1.29, 1.82) is 0 Å². The molecule has 4 rings (SSSR count). The van der Waals surface area contributed by atoms with Crippen molar-refractivity contribution in [3.05, 3.63) is 95.2 Å². The molecular formula is C26H24N2. The molecule has 0 spiro atoms. The average molecular weight is 364 g/mol. The van der Waals surface area contributed by atoms with Crippen LogP contribution in [0.4, 0.5) is 0 Å². The van der Waals surface area contributed by atoms with Crippen LogP contribution in [0.3, 0.4) is 0 Å². The van der Waals surface area contributed by atoms with Crippen LogP contribution >= 0.6 is 0 Å². The first kappa shape index (κ1) is 18.1. The van der Waals surface area contributed by atoms with E-state index in [1.54, 1.807) is 0 Å². The standard InChI is InChI=1S/C26H24N2/c1-17-10-13-22(14-11-17)25-26(23-15-12-18(2)16-19(23)3)27-20(4)24(28-25)21-8-6-5-7-9-21/h5-16H,1-4H3. The van der Waals surface area contributed by atoms with Crippen LogP contribution in [0, 0.1) is 27.7 Å². The molecule has 28 heavy (non-hydrogen) atoms. The molecule has 0 aliphatic carbocycles. The zero-order chi connectivity index (χ0) is 19.7.